The molecule has 3 unspecified atom stereocenters. The van der Waals surface area contributed by atoms with E-state index in [1.165, 1.54) is 7.11 Å². The van der Waals surface area contributed by atoms with Crippen molar-refractivity contribution < 1.29 is 24.2 Å². The molecule has 2 aliphatic heterocycles. The van der Waals surface area contributed by atoms with Crippen molar-refractivity contribution in [1.29, 1.82) is 0 Å². The topological polar surface area (TPSA) is 157 Å². The number of methoxy groups -OCH3 is 1. The molecule has 2 saturated heterocycles. The van der Waals surface area contributed by atoms with E-state index in [-0.39, 0.29) is 36.0 Å². The lowest BCUT2D eigenvalue weighted by Gasteiger charge is -2.31. The number of hydrogen-bond acceptors (Lipinski definition) is 6. The molecule has 2 aliphatic carbocycles. The highest BCUT2D eigenvalue weighted by Crippen LogP contribution is 2.54. The molecular weight excluding hydrogens is 610 g/mol. The summed E-state index contributed by atoms with van der Waals surface area (Å²) in [7, 11) is 1.29. The van der Waals surface area contributed by atoms with E-state index in [4.69, 9.17) is 4.74 Å². The Bertz CT molecular complexity index is 2010. The number of carbonyl (C=O) groups excluding carboxylic acids is 2. The maximum atomic E-state index is 13.6. The van der Waals surface area contributed by atoms with Gasteiger partial charge in [-0.05, 0) is 78.3 Å². The molecule has 4 aromatic rings. The molecule has 4 fully saturated rings. The molecule has 12 heteroatoms. The number of imidazole rings is 2. The van der Waals surface area contributed by atoms with Crippen molar-refractivity contribution in [3.63, 3.8) is 0 Å². The van der Waals surface area contributed by atoms with Crippen molar-refractivity contribution >= 4 is 28.9 Å². The van der Waals surface area contributed by atoms with Crippen LogP contribution < -0.4 is 5.32 Å². The van der Waals surface area contributed by atoms with E-state index in [2.05, 4.69) is 49.2 Å². The van der Waals surface area contributed by atoms with E-state index in [1.54, 1.807) is 17.3 Å². The second kappa shape index (κ2) is 11.4. The Labute approximate surface area is 277 Å². The minimum absolute atomic E-state index is 0.0983. The lowest BCUT2D eigenvalue weighted by molar-refractivity contribution is -0.136. The number of rotatable bonds is 6. The van der Waals surface area contributed by atoms with Gasteiger partial charge >= 0.3 is 12.2 Å². The number of carbonyl (C=O) groups is 3. The number of alkyl carbamates (subject to hydrolysis) is 1. The zero-order valence-electron chi connectivity index (χ0n) is 26.9. The highest BCUT2D eigenvalue weighted by Gasteiger charge is 2.57. The number of nitrogens with zero attached hydrogens (tertiary/aromatic N) is 4. The molecule has 2 aromatic carbocycles. The number of hydrogen-bond donors (Lipinski definition) is 4. The number of carboxylic acid groups (broad SMARTS) is 1. The summed E-state index contributed by atoms with van der Waals surface area (Å²) in [5, 5.41) is 14.5. The maximum absolute atomic E-state index is 13.6. The number of piperidine rings is 2. The lowest BCUT2D eigenvalue weighted by atomic mass is 10.0. The zero-order chi connectivity index (χ0) is 33.3. The summed E-state index contributed by atoms with van der Waals surface area (Å²) in [4.78, 5) is 56.7. The van der Waals surface area contributed by atoms with Gasteiger partial charge in [0.1, 0.15) is 23.4 Å². The zero-order valence-corrected chi connectivity index (χ0v) is 26.9. The average molecular weight is 648 g/mol. The van der Waals surface area contributed by atoms with Gasteiger partial charge in [0, 0.05) is 23.2 Å². The van der Waals surface area contributed by atoms with Gasteiger partial charge in [-0.1, -0.05) is 38.0 Å². The van der Waals surface area contributed by atoms with Crippen LogP contribution in [-0.4, -0.2) is 78.2 Å². The number of nitrogens with one attached hydrogen (secondary N) is 3. The Morgan fingerprint density at radius 2 is 1.56 bits per heavy atom. The van der Waals surface area contributed by atoms with E-state index < -0.39 is 18.2 Å². The first-order valence-electron chi connectivity index (χ1n) is 16.5. The van der Waals surface area contributed by atoms with E-state index in [9.17, 15) is 19.5 Å². The molecule has 4 heterocycles. The number of likely N-dealkylation sites (tertiary alicyclic amines) is 2. The molecule has 3 amide bonds. The van der Waals surface area contributed by atoms with Gasteiger partial charge in [-0.2, -0.15) is 0 Å². The highest BCUT2D eigenvalue weighted by atomic mass is 16.5. The van der Waals surface area contributed by atoms with Gasteiger partial charge in [-0.25, -0.2) is 19.6 Å². The number of ether oxygens (including phenoxy) is 1. The third kappa shape index (κ3) is 5.33. The van der Waals surface area contributed by atoms with Crippen LogP contribution >= 0.6 is 0 Å². The van der Waals surface area contributed by atoms with Gasteiger partial charge in [0.25, 0.3) is 0 Å². The Hall–Kier alpha value is -5.31. The SMILES string of the molecule is COC(=O)N[C@H](C(=O)N1[C@@H]2C[C@@H]2C[C@H]1c1ncc(C#Cc2ccc3cc(-c4cnc(C5CC6CC6N5C(=O)O)[nH]4)ccc3c2)[nH]1)C(C)C. The minimum Gasteiger partial charge on any atom is -0.465 e. The van der Waals surface area contributed by atoms with Crippen molar-refractivity contribution in [2.24, 2.45) is 17.8 Å². The third-order valence-electron chi connectivity index (χ3n) is 10.4. The fourth-order valence-corrected chi connectivity index (χ4v) is 7.71. The van der Waals surface area contributed by atoms with Crippen LogP contribution in [0, 0.1) is 29.6 Å². The number of aromatic amines is 2. The molecule has 0 bridgehead atoms. The first kappa shape index (κ1) is 30.1. The Morgan fingerprint density at radius 3 is 2.29 bits per heavy atom. The minimum atomic E-state index is -0.879. The normalized spacial score (nSPS) is 25.7. The van der Waals surface area contributed by atoms with E-state index >= 15 is 0 Å². The van der Waals surface area contributed by atoms with Crippen LogP contribution in [0.4, 0.5) is 9.59 Å². The summed E-state index contributed by atoms with van der Waals surface area (Å²) >= 11 is 0. The summed E-state index contributed by atoms with van der Waals surface area (Å²) < 4.78 is 4.76. The molecule has 2 saturated carbocycles. The summed E-state index contributed by atoms with van der Waals surface area (Å²) in [6.45, 7) is 3.82. The summed E-state index contributed by atoms with van der Waals surface area (Å²) in [5.41, 5.74) is 3.36. The van der Waals surface area contributed by atoms with Crippen LogP contribution in [0.5, 0.6) is 0 Å². The molecule has 4 aliphatic rings. The van der Waals surface area contributed by atoms with Crippen molar-refractivity contribution in [2.75, 3.05) is 7.11 Å². The van der Waals surface area contributed by atoms with Gasteiger partial charge in [-0.3, -0.25) is 9.69 Å². The fraction of sp³-hybridized carbons (Fsp3) is 0.417. The molecule has 0 radical (unpaired) electrons. The van der Waals surface area contributed by atoms with Crippen LogP contribution in [0.2, 0.25) is 0 Å². The monoisotopic (exact) mass is 647 g/mol. The first-order chi connectivity index (χ1) is 23.2. The van der Waals surface area contributed by atoms with E-state index in [0.717, 1.165) is 53.3 Å². The predicted molar refractivity (Wildman–Crippen MR) is 175 cm³/mol. The third-order valence-corrected chi connectivity index (χ3v) is 10.4. The van der Waals surface area contributed by atoms with Gasteiger partial charge in [0.2, 0.25) is 5.91 Å². The van der Waals surface area contributed by atoms with E-state index in [0.29, 0.717) is 29.2 Å². The standard InChI is InChI=1S/C36H37N7O5/c1-18(2)31(41-35(45)48-3)34(44)42-27-12-23(27)14-29(42)32-37-16-25(39-32)9-5-19-4-6-21-11-22(8-7-20(21)10-19)26-17-38-33(40-26)30-15-24-13-28(24)43(30)36(46)47/h4,6-8,10-11,16-18,23-24,27-31H,12-15H2,1-3H3,(H,37,39)(H,38,40)(H,41,45)(H,46,47)/t23-,24?,27-,28?,29+,30?,31+/m1/s1. The van der Waals surface area contributed by atoms with Crippen LogP contribution in [-0.2, 0) is 9.53 Å². The average Bonchev–Trinajstić information content (AvgIpc) is 3.68. The van der Waals surface area contributed by atoms with Gasteiger partial charge in [0.05, 0.1) is 37.3 Å². The van der Waals surface area contributed by atoms with Crippen molar-refractivity contribution in [3.05, 3.63) is 71.7 Å². The molecule has 2 aromatic heterocycles. The number of aromatic nitrogens is 4. The molecule has 4 N–H and O–H groups in total. The van der Waals surface area contributed by atoms with Crippen LogP contribution in [0.15, 0.2) is 48.8 Å². The van der Waals surface area contributed by atoms with Crippen molar-refractivity contribution in [3.8, 4) is 23.1 Å². The van der Waals surface area contributed by atoms with E-state index in [1.807, 2.05) is 43.0 Å². The van der Waals surface area contributed by atoms with Crippen molar-refractivity contribution in [1.82, 2.24) is 35.1 Å². The van der Waals surface area contributed by atoms with Crippen LogP contribution in [0.3, 0.4) is 0 Å². The Kier molecular flexibility index (Phi) is 7.16. The molecule has 8 rings (SSSR count). The van der Waals surface area contributed by atoms with Gasteiger partial charge < -0.3 is 30.0 Å². The summed E-state index contributed by atoms with van der Waals surface area (Å²) in [5.74, 6) is 8.51. The Morgan fingerprint density at radius 1 is 0.896 bits per heavy atom. The lowest BCUT2D eigenvalue weighted by Crippen LogP contribution is -2.52. The number of amides is 3. The fourth-order valence-electron chi connectivity index (χ4n) is 7.71. The number of H-pyrrole nitrogens is 2. The molecule has 246 valence electrons. The maximum Gasteiger partial charge on any atom is 0.408 e. The molecule has 0 spiro atoms. The molecule has 48 heavy (non-hydrogen) atoms. The molecule has 7 atom stereocenters. The molecule has 12 nitrogen and oxygen atoms in total. The first-order valence-corrected chi connectivity index (χ1v) is 16.5. The smallest absolute Gasteiger partial charge is 0.408 e. The summed E-state index contributed by atoms with van der Waals surface area (Å²) in [6, 6.07) is 11.4. The van der Waals surface area contributed by atoms with Gasteiger partial charge in [0.15, 0.2) is 0 Å². The second-order valence-corrected chi connectivity index (χ2v) is 13.8. The summed E-state index contributed by atoms with van der Waals surface area (Å²) in [6.07, 6.45) is 5.56. The second-order valence-electron chi connectivity index (χ2n) is 13.8. The quantitative estimate of drug-likeness (QED) is 0.209. The largest absolute Gasteiger partial charge is 0.465 e. The molecular formula is C36H37N7O5. The van der Waals surface area contributed by atoms with Gasteiger partial charge in [-0.15, -0.1) is 0 Å². The number of benzene rings is 2. The van der Waals surface area contributed by atoms with Crippen LogP contribution in [0.1, 0.15) is 74.5 Å². The highest BCUT2D eigenvalue weighted by molar-refractivity contribution is 5.88. The van der Waals surface area contributed by atoms with Crippen molar-refractivity contribution in [2.45, 2.75) is 69.7 Å². The Balaban J connectivity index is 0.965. The number of fused-ring (bicyclic) bond motifs is 3. The predicted octanol–water partition coefficient (Wildman–Crippen LogP) is 5.21. The van der Waals surface area contributed by atoms with Crippen LogP contribution in [0.25, 0.3) is 22.0 Å².